The quantitative estimate of drug-likeness (QED) is 0.480. The fourth-order valence-electron chi connectivity index (χ4n) is 2.84. The Labute approximate surface area is 128 Å². The third-order valence-corrected chi connectivity index (χ3v) is 3.94. The Hall–Kier alpha value is -1.52. The molecule has 1 fully saturated rings. The Balaban J connectivity index is 1.74. The van der Waals surface area contributed by atoms with Gasteiger partial charge < -0.3 is 10.6 Å². The van der Waals surface area contributed by atoms with Crippen molar-refractivity contribution in [2.75, 3.05) is 13.1 Å². The minimum atomic E-state index is 0.606. The highest BCUT2D eigenvalue weighted by Gasteiger charge is 2.14. The SMILES string of the molecule is CCNC(=NCCCc1cnn(C)c1)NC1CCCCC1. The van der Waals surface area contributed by atoms with Crippen LogP contribution in [0.5, 0.6) is 0 Å². The van der Waals surface area contributed by atoms with Crippen molar-refractivity contribution in [3.8, 4) is 0 Å². The normalized spacial score (nSPS) is 17.0. The first-order chi connectivity index (χ1) is 10.3. The van der Waals surface area contributed by atoms with E-state index in [1.807, 2.05) is 17.9 Å². The van der Waals surface area contributed by atoms with Crippen LogP contribution in [0.25, 0.3) is 0 Å². The van der Waals surface area contributed by atoms with Crippen LogP contribution in [-0.2, 0) is 13.5 Å². The molecule has 5 nitrogen and oxygen atoms in total. The maximum absolute atomic E-state index is 4.70. The molecule has 21 heavy (non-hydrogen) atoms. The first kappa shape index (κ1) is 15.9. The van der Waals surface area contributed by atoms with E-state index in [4.69, 9.17) is 4.99 Å². The van der Waals surface area contributed by atoms with Crippen molar-refractivity contribution >= 4 is 5.96 Å². The molecule has 0 atom stereocenters. The molecular formula is C16H29N5. The highest BCUT2D eigenvalue weighted by molar-refractivity contribution is 5.80. The Bertz CT molecular complexity index is 432. The van der Waals surface area contributed by atoms with Gasteiger partial charge in [-0.2, -0.15) is 5.10 Å². The van der Waals surface area contributed by atoms with E-state index < -0.39 is 0 Å². The lowest BCUT2D eigenvalue weighted by molar-refractivity contribution is 0.410. The predicted octanol–water partition coefficient (Wildman–Crippen LogP) is 2.24. The van der Waals surface area contributed by atoms with Crippen molar-refractivity contribution in [2.24, 2.45) is 12.0 Å². The summed E-state index contributed by atoms with van der Waals surface area (Å²) in [5.41, 5.74) is 1.29. The second-order valence-corrected chi connectivity index (χ2v) is 5.87. The van der Waals surface area contributed by atoms with Crippen LogP contribution in [0.2, 0.25) is 0 Å². The second-order valence-electron chi connectivity index (χ2n) is 5.87. The van der Waals surface area contributed by atoms with Crippen LogP contribution < -0.4 is 10.6 Å². The van der Waals surface area contributed by atoms with Crippen LogP contribution in [0.1, 0.15) is 51.0 Å². The average Bonchev–Trinajstić information content (AvgIpc) is 2.90. The van der Waals surface area contributed by atoms with Gasteiger partial charge in [0.15, 0.2) is 5.96 Å². The molecule has 1 saturated carbocycles. The van der Waals surface area contributed by atoms with Crippen LogP contribution >= 0.6 is 0 Å². The fourth-order valence-corrected chi connectivity index (χ4v) is 2.84. The number of nitrogens with zero attached hydrogens (tertiary/aromatic N) is 3. The smallest absolute Gasteiger partial charge is 0.191 e. The summed E-state index contributed by atoms with van der Waals surface area (Å²) in [6, 6.07) is 0.606. The molecule has 1 heterocycles. The maximum Gasteiger partial charge on any atom is 0.191 e. The zero-order valence-electron chi connectivity index (χ0n) is 13.4. The molecule has 0 unspecified atom stereocenters. The van der Waals surface area contributed by atoms with Crippen molar-refractivity contribution in [2.45, 2.75) is 57.9 Å². The van der Waals surface area contributed by atoms with Gasteiger partial charge in [-0.3, -0.25) is 9.67 Å². The molecule has 0 radical (unpaired) electrons. The van der Waals surface area contributed by atoms with Gasteiger partial charge in [0.05, 0.1) is 6.20 Å². The molecule has 0 bridgehead atoms. The van der Waals surface area contributed by atoms with Crippen LogP contribution in [0.15, 0.2) is 17.4 Å². The summed E-state index contributed by atoms with van der Waals surface area (Å²) in [7, 11) is 1.96. The van der Waals surface area contributed by atoms with Gasteiger partial charge in [0.2, 0.25) is 0 Å². The number of nitrogens with one attached hydrogen (secondary N) is 2. The second kappa shape index (κ2) is 8.70. The van der Waals surface area contributed by atoms with Crippen LogP contribution in [-0.4, -0.2) is 34.9 Å². The minimum Gasteiger partial charge on any atom is -0.357 e. The summed E-state index contributed by atoms with van der Waals surface area (Å²) in [5.74, 6) is 0.982. The maximum atomic E-state index is 4.70. The molecule has 0 aliphatic heterocycles. The zero-order chi connectivity index (χ0) is 14.9. The van der Waals surface area contributed by atoms with Crippen molar-refractivity contribution in [3.05, 3.63) is 18.0 Å². The summed E-state index contributed by atoms with van der Waals surface area (Å²) < 4.78 is 1.85. The topological polar surface area (TPSA) is 54.2 Å². The van der Waals surface area contributed by atoms with Crippen molar-refractivity contribution < 1.29 is 0 Å². The van der Waals surface area contributed by atoms with E-state index in [9.17, 15) is 0 Å². The molecule has 0 aromatic carbocycles. The van der Waals surface area contributed by atoms with Gasteiger partial charge >= 0.3 is 0 Å². The molecule has 1 aliphatic carbocycles. The van der Waals surface area contributed by atoms with E-state index in [2.05, 4.69) is 28.9 Å². The lowest BCUT2D eigenvalue weighted by Crippen LogP contribution is -2.44. The molecule has 5 heteroatoms. The van der Waals surface area contributed by atoms with E-state index in [-0.39, 0.29) is 0 Å². The molecule has 2 N–H and O–H groups in total. The van der Waals surface area contributed by atoms with Gasteiger partial charge in [0, 0.05) is 32.4 Å². The summed E-state index contributed by atoms with van der Waals surface area (Å²) in [6.07, 6.45) is 12.8. The number of aryl methyl sites for hydroxylation is 2. The monoisotopic (exact) mass is 291 g/mol. The molecule has 118 valence electrons. The molecule has 1 aromatic rings. The standard InChI is InChI=1S/C16H29N5/c1-3-17-16(20-15-9-5-4-6-10-15)18-11-7-8-14-12-19-21(2)13-14/h12-13,15H,3-11H2,1-2H3,(H2,17,18,20). The third kappa shape index (κ3) is 5.78. The van der Waals surface area contributed by atoms with Crippen molar-refractivity contribution in [1.29, 1.82) is 0 Å². The van der Waals surface area contributed by atoms with E-state index in [1.54, 1.807) is 0 Å². The summed E-state index contributed by atoms with van der Waals surface area (Å²) >= 11 is 0. The van der Waals surface area contributed by atoms with Gasteiger partial charge in [-0.05, 0) is 38.2 Å². The highest BCUT2D eigenvalue weighted by Crippen LogP contribution is 2.17. The number of hydrogen-bond donors (Lipinski definition) is 2. The average molecular weight is 291 g/mol. The number of aromatic nitrogens is 2. The number of aliphatic imine (C=N–C) groups is 1. The molecule has 0 saturated heterocycles. The molecule has 0 amide bonds. The minimum absolute atomic E-state index is 0.606. The van der Waals surface area contributed by atoms with Gasteiger partial charge in [-0.25, -0.2) is 0 Å². The van der Waals surface area contributed by atoms with Crippen LogP contribution in [0.4, 0.5) is 0 Å². The van der Waals surface area contributed by atoms with Crippen LogP contribution in [0.3, 0.4) is 0 Å². The highest BCUT2D eigenvalue weighted by atomic mass is 15.2. The molecule has 1 aromatic heterocycles. The van der Waals surface area contributed by atoms with Gasteiger partial charge in [-0.15, -0.1) is 0 Å². The summed E-state index contributed by atoms with van der Waals surface area (Å²) in [5, 5.41) is 11.1. The fraction of sp³-hybridized carbons (Fsp3) is 0.750. The largest absolute Gasteiger partial charge is 0.357 e. The molecule has 0 spiro atoms. The first-order valence-corrected chi connectivity index (χ1v) is 8.30. The lowest BCUT2D eigenvalue weighted by Gasteiger charge is -2.24. The van der Waals surface area contributed by atoms with Crippen LogP contribution in [0, 0.1) is 0 Å². The van der Waals surface area contributed by atoms with E-state index in [0.717, 1.165) is 31.9 Å². The van der Waals surface area contributed by atoms with Gasteiger partial charge in [0.25, 0.3) is 0 Å². The molecule has 2 rings (SSSR count). The van der Waals surface area contributed by atoms with Crippen molar-refractivity contribution in [1.82, 2.24) is 20.4 Å². The van der Waals surface area contributed by atoms with E-state index in [1.165, 1.54) is 37.7 Å². The Morgan fingerprint density at radius 3 is 2.86 bits per heavy atom. The lowest BCUT2D eigenvalue weighted by atomic mass is 9.96. The number of hydrogen-bond acceptors (Lipinski definition) is 2. The van der Waals surface area contributed by atoms with E-state index >= 15 is 0 Å². The van der Waals surface area contributed by atoms with Gasteiger partial charge in [0.1, 0.15) is 0 Å². The molecule has 1 aliphatic rings. The Morgan fingerprint density at radius 1 is 1.38 bits per heavy atom. The Morgan fingerprint density at radius 2 is 2.19 bits per heavy atom. The summed E-state index contributed by atoms with van der Waals surface area (Å²) in [4.78, 5) is 4.70. The van der Waals surface area contributed by atoms with Crippen molar-refractivity contribution in [3.63, 3.8) is 0 Å². The first-order valence-electron chi connectivity index (χ1n) is 8.30. The predicted molar refractivity (Wildman–Crippen MR) is 87.5 cm³/mol. The summed E-state index contributed by atoms with van der Waals surface area (Å²) in [6.45, 7) is 3.89. The Kier molecular flexibility index (Phi) is 6.57. The van der Waals surface area contributed by atoms with E-state index in [0.29, 0.717) is 6.04 Å². The van der Waals surface area contributed by atoms with Gasteiger partial charge in [-0.1, -0.05) is 19.3 Å². The number of rotatable bonds is 6. The zero-order valence-corrected chi connectivity index (χ0v) is 13.4. The number of guanidine groups is 1. The third-order valence-electron chi connectivity index (χ3n) is 3.94. The molecular weight excluding hydrogens is 262 g/mol.